The molecule has 1 fully saturated rings. The van der Waals surface area contributed by atoms with Crippen LogP contribution in [-0.2, 0) is 9.53 Å². The average Bonchev–Trinajstić information content (AvgIpc) is 2.56. The highest BCUT2D eigenvalue weighted by atomic mass is 16.5. The molecule has 0 saturated heterocycles. The first-order valence-electron chi connectivity index (χ1n) is 8.76. The van der Waals surface area contributed by atoms with E-state index >= 15 is 0 Å². The quantitative estimate of drug-likeness (QED) is 0.593. The Balaban J connectivity index is 1.86. The minimum absolute atomic E-state index is 0.0356. The molecule has 1 N–H and O–H groups in total. The largest absolute Gasteiger partial charge is 0.462 e. The Hall–Kier alpha value is -1.84. The van der Waals surface area contributed by atoms with Crippen molar-refractivity contribution in [3.8, 4) is 0 Å². The molecule has 1 aromatic carbocycles. The molecular formula is C19H27NO3. The molecule has 1 aromatic rings. The zero-order chi connectivity index (χ0) is 16.5. The van der Waals surface area contributed by atoms with E-state index in [9.17, 15) is 9.59 Å². The van der Waals surface area contributed by atoms with Crippen LogP contribution in [0.5, 0.6) is 0 Å². The number of benzene rings is 1. The SMILES string of the molecule is CCCCOC(=O)c1cccc(NC(=O)CC2CCCCC2)c1. The van der Waals surface area contributed by atoms with Gasteiger partial charge >= 0.3 is 5.97 Å². The van der Waals surface area contributed by atoms with Crippen molar-refractivity contribution in [3.05, 3.63) is 29.8 Å². The summed E-state index contributed by atoms with van der Waals surface area (Å²) in [4.78, 5) is 24.1. The summed E-state index contributed by atoms with van der Waals surface area (Å²) in [5.41, 5.74) is 1.15. The Morgan fingerprint density at radius 1 is 1.22 bits per heavy atom. The lowest BCUT2D eigenvalue weighted by atomic mass is 9.87. The van der Waals surface area contributed by atoms with Crippen LogP contribution in [0.4, 0.5) is 5.69 Å². The van der Waals surface area contributed by atoms with Crippen LogP contribution in [0.2, 0.25) is 0 Å². The van der Waals surface area contributed by atoms with Gasteiger partial charge in [0.05, 0.1) is 12.2 Å². The van der Waals surface area contributed by atoms with E-state index in [-0.39, 0.29) is 11.9 Å². The first-order chi connectivity index (χ1) is 11.2. The number of unbranched alkanes of at least 4 members (excludes halogenated alkanes) is 1. The number of hydrogen-bond acceptors (Lipinski definition) is 3. The van der Waals surface area contributed by atoms with Crippen molar-refractivity contribution in [3.63, 3.8) is 0 Å². The van der Waals surface area contributed by atoms with Gasteiger partial charge in [-0.3, -0.25) is 4.79 Å². The van der Waals surface area contributed by atoms with E-state index in [1.165, 1.54) is 19.3 Å². The molecular weight excluding hydrogens is 290 g/mol. The molecule has 1 amide bonds. The fourth-order valence-electron chi connectivity index (χ4n) is 2.98. The normalized spacial score (nSPS) is 15.2. The molecule has 0 unspecified atom stereocenters. The third kappa shape index (κ3) is 6.05. The predicted molar refractivity (Wildman–Crippen MR) is 91.5 cm³/mol. The molecule has 4 nitrogen and oxygen atoms in total. The lowest BCUT2D eigenvalue weighted by Crippen LogP contribution is -2.18. The van der Waals surface area contributed by atoms with Crippen LogP contribution in [0.15, 0.2) is 24.3 Å². The molecule has 0 spiro atoms. The van der Waals surface area contributed by atoms with Gasteiger partial charge in [-0.05, 0) is 43.4 Å². The van der Waals surface area contributed by atoms with Crippen LogP contribution in [0.1, 0.15) is 68.6 Å². The van der Waals surface area contributed by atoms with E-state index in [0.717, 1.165) is 25.7 Å². The Kier molecular flexibility index (Phi) is 7.11. The highest BCUT2D eigenvalue weighted by Gasteiger charge is 2.17. The Bertz CT molecular complexity index is 521. The maximum atomic E-state index is 12.1. The molecule has 1 aliphatic rings. The first-order valence-corrected chi connectivity index (χ1v) is 8.76. The molecule has 0 radical (unpaired) electrons. The Morgan fingerprint density at radius 3 is 2.74 bits per heavy atom. The van der Waals surface area contributed by atoms with Crippen molar-refractivity contribution >= 4 is 17.6 Å². The maximum absolute atomic E-state index is 12.1. The highest BCUT2D eigenvalue weighted by molar-refractivity contribution is 5.94. The third-order valence-corrected chi connectivity index (χ3v) is 4.31. The van der Waals surface area contributed by atoms with E-state index in [2.05, 4.69) is 12.2 Å². The monoisotopic (exact) mass is 317 g/mol. The van der Waals surface area contributed by atoms with Crippen LogP contribution in [0.25, 0.3) is 0 Å². The van der Waals surface area contributed by atoms with E-state index in [1.807, 2.05) is 6.07 Å². The summed E-state index contributed by atoms with van der Waals surface area (Å²) < 4.78 is 5.20. The second-order valence-electron chi connectivity index (χ2n) is 6.33. The smallest absolute Gasteiger partial charge is 0.338 e. The molecule has 0 aromatic heterocycles. The van der Waals surface area contributed by atoms with Crippen LogP contribution < -0.4 is 5.32 Å². The summed E-state index contributed by atoms with van der Waals surface area (Å²) >= 11 is 0. The molecule has 0 aliphatic heterocycles. The Morgan fingerprint density at radius 2 is 2.00 bits per heavy atom. The van der Waals surface area contributed by atoms with E-state index in [1.54, 1.807) is 18.2 Å². The van der Waals surface area contributed by atoms with Crippen molar-refractivity contribution in [1.82, 2.24) is 0 Å². The van der Waals surface area contributed by atoms with E-state index in [4.69, 9.17) is 4.74 Å². The van der Waals surface area contributed by atoms with Crippen LogP contribution in [-0.4, -0.2) is 18.5 Å². The number of hydrogen-bond donors (Lipinski definition) is 1. The number of esters is 1. The number of carbonyl (C=O) groups is 2. The van der Waals surface area contributed by atoms with Gasteiger partial charge in [-0.1, -0.05) is 38.7 Å². The summed E-state index contributed by atoms with van der Waals surface area (Å²) in [6, 6.07) is 6.98. The second-order valence-corrected chi connectivity index (χ2v) is 6.33. The number of anilines is 1. The molecule has 0 bridgehead atoms. The van der Waals surface area contributed by atoms with Crippen LogP contribution in [0, 0.1) is 5.92 Å². The summed E-state index contributed by atoms with van der Waals surface area (Å²) in [5, 5.41) is 2.91. The molecule has 1 saturated carbocycles. The molecule has 1 aliphatic carbocycles. The van der Waals surface area contributed by atoms with Gasteiger partial charge in [-0.25, -0.2) is 4.79 Å². The number of carbonyl (C=O) groups excluding carboxylic acids is 2. The second kappa shape index (κ2) is 9.33. The van der Waals surface area contributed by atoms with Gasteiger partial charge < -0.3 is 10.1 Å². The average molecular weight is 317 g/mol. The van der Waals surface area contributed by atoms with Crippen molar-refractivity contribution in [2.75, 3.05) is 11.9 Å². The topological polar surface area (TPSA) is 55.4 Å². The van der Waals surface area contributed by atoms with Crippen LogP contribution >= 0.6 is 0 Å². The van der Waals surface area contributed by atoms with E-state index in [0.29, 0.717) is 30.2 Å². The highest BCUT2D eigenvalue weighted by Crippen LogP contribution is 2.26. The van der Waals surface area contributed by atoms with Gasteiger partial charge in [-0.2, -0.15) is 0 Å². The molecule has 0 heterocycles. The molecule has 126 valence electrons. The maximum Gasteiger partial charge on any atom is 0.338 e. The van der Waals surface area contributed by atoms with E-state index < -0.39 is 0 Å². The first kappa shape index (κ1) is 17.5. The van der Waals surface area contributed by atoms with Gasteiger partial charge in [-0.15, -0.1) is 0 Å². The summed E-state index contributed by atoms with van der Waals surface area (Å²) in [6.45, 7) is 2.49. The molecule has 2 rings (SSSR count). The van der Waals surface area contributed by atoms with Gasteiger partial charge in [0.1, 0.15) is 0 Å². The zero-order valence-corrected chi connectivity index (χ0v) is 14.0. The minimum atomic E-state index is -0.332. The summed E-state index contributed by atoms with van der Waals surface area (Å²) in [7, 11) is 0. The number of nitrogens with one attached hydrogen (secondary N) is 1. The fourth-order valence-corrected chi connectivity index (χ4v) is 2.98. The fraction of sp³-hybridized carbons (Fsp3) is 0.579. The predicted octanol–water partition coefficient (Wildman–Crippen LogP) is 4.55. The summed E-state index contributed by atoms with van der Waals surface area (Å²) in [5.74, 6) is 0.209. The van der Waals surface area contributed by atoms with Gasteiger partial charge in [0, 0.05) is 12.1 Å². The number of rotatable bonds is 7. The molecule has 4 heteroatoms. The van der Waals surface area contributed by atoms with Crippen molar-refractivity contribution in [2.24, 2.45) is 5.92 Å². The number of amides is 1. The zero-order valence-electron chi connectivity index (χ0n) is 14.0. The summed E-state index contributed by atoms with van der Waals surface area (Å²) in [6.07, 6.45) is 8.49. The standard InChI is InChI=1S/C19H27NO3/c1-2-3-12-23-19(22)16-10-7-11-17(14-16)20-18(21)13-15-8-5-4-6-9-15/h7,10-11,14-15H,2-6,8-9,12-13H2,1H3,(H,20,21). The Labute approximate surface area is 138 Å². The third-order valence-electron chi connectivity index (χ3n) is 4.31. The minimum Gasteiger partial charge on any atom is -0.462 e. The van der Waals surface area contributed by atoms with Crippen LogP contribution in [0.3, 0.4) is 0 Å². The number of ether oxygens (including phenoxy) is 1. The lowest BCUT2D eigenvalue weighted by molar-refractivity contribution is -0.117. The van der Waals surface area contributed by atoms with Crippen molar-refractivity contribution in [1.29, 1.82) is 0 Å². The molecule has 0 atom stereocenters. The molecule has 23 heavy (non-hydrogen) atoms. The van der Waals surface area contributed by atoms with Gasteiger partial charge in [0.15, 0.2) is 0 Å². The van der Waals surface area contributed by atoms with Crippen molar-refractivity contribution < 1.29 is 14.3 Å². The van der Waals surface area contributed by atoms with Gasteiger partial charge in [0.2, 0.25) is 5.91 Å². The van der Waals surface area contributed by atoms with Gasteiger partial charge in [0.25, 0.3) is 0 Å². The van der Waals surface area contributed by atoms with Crippen molar-refractivity contribution in [2.45, 2.75) is 58.3 Å². The lowest BCUT2D eigenvalue weighted by Gasteiger charge is -2.20.